The van der Waals surface area contributed by atoms with Crippen LogP contribution in [0.3, 0.4) is 0 Å². The second-order valence-electron chi connectivity index (χ2n) is 14.2. The van der Waals surface area contributed by atoms with Crippen molar-refractivity contribution in [2.24, 2.45) is 0 Å². The van der Waals surface area contributed by atoms with E-state index in [1.807, 2.05) is 30.1 Å². The van der Waals surface area contributed by atoms with Crippen molar-refractivity contribution in [2.75, 3.05) is 99.7 Å². The number of carbonyl (C=O) groups is 6. The zero-order valence-electron chi connectivity index (χ0n) is 34.3. The van der Waals surface area contributed by atoms with Crippen LogP contribution in [0.1, 0.15) is 43.9 Å². The Morgan fingerprint density at radius 2 is 1.52 bits per heavy atom. The number of anilines is 7. The lowest BCUT2D eigenvalue weighted by atomic mass is 10.0. The van der Waals surface area contributed by atoms with Gasteiger partial charge < -0.3 is 50.0 Å². The fourth-order valence-corrected chi connectivity index (χ4v) is 7.13. The molecule has 3 aliphatic heterocycles. The van der Waals surface area contributed by atoms with Crippen molar-refractivity contribution in [3.63, 3.8) is 0 Å². The van der Waals surface area contributed by atoms with E-state index in [4.69, 9.17) is 23.9 Å². The molecule has 20 heteroatoms. The van der Waals surface area contributed by atoms with Crippen molar-refractivity contribution < 1.29 is 47.7 Å². The number of amides is 7. The van der Waals surface area contributed by atoms with E-state index in [1.54, 1.807) is 49.6 Å². The normalized spacial score (nSPS) is 15.7. The number of nitrogens with zero attached hydrogens (tertiary/aromatic N) is 5. The summed E-state index contributed by atoms with van der Waals surface area (Å²) in [6, 6.07) is 15.8. The van der Waals surface area contributed by atoms with Crippen LogP contribution in [-0.2, 0) is 23.8 Å². The van der Waals surface area contributed by atoms with Crippen molar-refractivity contribution >= 4 is 75.8 Å². The van der Waals surface area contributed by atoms with Crippen molar-refractivity contribution in [3.8, 4) is 5.75 Å². The minimum absolute atomic E-state index is 0.0480. The first kappa shape index (κ1) is 42.9. The number of fused-ring (bicyclic) bond motifs is 3. The summed E-state index contributed by atoms with van der Waals surface area (Å²) in [6.45, 7) is 2.43. The van der Waals surface area contributed by atoms with Crippen molar-refractivity contribution in [1.82, 2.24) is 25.5 Å². The quantitative estimate of drug-likeness (QED) is 0.0714. The zero-order valence-corrected chi connectivity index (χ0v) is 34.3. The van der Waals surface area contributed by atoms with Gasteiger partial charge in [-0.25, -0.2) is 9.78 Å². The molecule has 0 spiro atoms. The smallest absolute Gasteiger partial charge is 0.319 e. The highest BCUT2D eigenvalue weighted by Gasteiger charge is 2.45. The molecule has 1 aromatic heterocycles. The Hall–Kier alpha value is -7.16. The Morgan fingerprint density at radius 1 is 0.790 bits per heavy atom. The third-order valence-corrected chi connectivity index (χ3v) is 10.2. The fraction of sp³-hybridized carbons (Fsp3) is 0.333. The third-order valence-electron chi connectivity index (χ3n) is 10.2. The van der Waals surface area contributed by atoms with Crippen LogP contribution >= 0.6 is 0 Å². The first-order chi connectivity index (χ1) is 30.0. The molecule has 7 rings (SSSR count). The average Bonchev–Trinajstić information content (AvgIpc) is 3.49. The molecule has 0 saturated carbocycles. The lowest BCUT2D eigenvalue weighted by molar-refractivity contribution is -0.136. The highest BCUT2D eigenvalue weighted by atomic mass is 16.5. The molecule has 1 unspecified atom stereocenters. The number of imide groups is 2. The predicted molar refractivity (Wildman–Crippen MR) is 227 cm³/mol. The lowest BCUT2D eigenvalue weighted by Crippen LogP contribution is -2.54. The van der Waals surface area contributed by atoms with Gasteiger partial charge in [-0.15, -0.1) is 0 Å². The average molecular weight is 851 g/mol. The van der Waals surface area contributed by atoms with E-state index in [9.17, 15) is 28.8 Å². The number of methoxy groups -OCH3 is 1. The summed E-state index contributed by atoms with van der Waals surface area (Å²) in [6.07, 6.45) is 1.72. The number of nitrogens with one attached hydrogen (secondary N) is 5. The van der Waals surface area contributed by atoms with Gasteiger partial charge in [0.25, 0.3) is 17.7 Å². The summed E-state index contributed by atoms with van der Waals surface area (Å²) in [5, 5.41) is 14.0. The molecule has 20 nitrogen and oxygen atoms in total. The molecule has 324 valence electrons. The summed E-state index contributed by atoms with van der Waals surface area (Å²) < 4.78 is 22.3. The molecule has 1 fully saturated rings. The predicted octanol–water partition coefficient (Wildman–Crippen LogP) is 3.27. The van der Waals surface area contributed by atoms with E-state index in [2.05, 4.69) is 31.6 Å². The molecular weight excluding hydrogens is 805 g/mol. The van der Waals surface area contributed by atoms with Gasteiger partial charge in [0.05, 0.1) is 81.0 Å². The lowest BCUT2D eigenvalue weighted by Gasteiger charge is -2.27. The molecular formula is C42H46N10O10. The molecule has 3 aliphatic rings. The van der Waals surface area contributed by atoms with Crippen LogP contribution in [0.4, 0.5) is 45.0 Å². The first-order valence-corrected chi connectivity index (χ1v) is 19.8. The van der Waals surface area contributed by atoms with Crippen LogP contribution < -0.4 is 41.1 Å². The molecule has 1 atom stereocenters. The van der Waals surface area contributed by atoms with E-state index < -0.39 is 35.7 Å². The van der Waals surface area contributed by atoms with E-state index in [0.717, 1.165) is 10.6 Å². The minimum atomic E-state index is -1.03. The topological polar surface area (TPSA) is 235 Å². The fourth-order valence-electron chi connectivity index (χ4n) is 7.13. The number of carbonyl (C=O) groups excluding carboxylic acids is 6. The molecule has 5 N–H and O–H groups in total. The van der Waals surface area contributed by atoms with E-state index >= 15 is 0 Å². The summed E-state index contributed by atoms with van der Waals surface area (Å²) in [7, 11) is 5.04. The summed E-state index contributed by atoms with van der Waals surface area (Å²) in [5.41, 5.74) is 3.72. The molecule has 0 aliphatic carbocycles. The van der Waals surface area contributed by atoms with Crippen LogP contribution in [0.25, 0.3) is 0 Å². The maximum Gasteiger partial charge on any atom is 0.319 e. The van der Waals surface area contributed by atoms with E-state index in [0.29, 0.717) is 79.5 Å². The third kappa shape index (κ3) is 9.41. The second-order valence-corrected chi connectivity index (χ2v) is 14.2. The van der Waals surface area contributed by atoms with Gasteiger partial charge in [0.1, 0.15) is 17.5 Å². The molecule has 0 bridgehead atoms. The molecule has 0 radical (unpaired) electrons. The number of para-hydroxylation sites is 1. The zero-order chi connectivity index (χ0) is 43.8. The van der Waals surface area contributed by atoms with Crippen LogP contribution in [0.15, 0.2) is 66.9 Å². The van der Waals surface area contributed by atoms with Gasteiger partial charge in [-0.1, -0.05) is 18.2 Å². The molecule has 7 amide bonds. The molecule has 4 heterocycles. The van der Waals surface area contributed by atoms with Gasteiger partial charge in [-0.3, -0.25) is 34.2 Å². The van der Waals surface area contributed by atoms with Gasteiger partial charge in [-0.05, 0) is 42.8 Å². The maximum atomic E-state index is 13.2. The van der Waals surface area contributed by atoms with Crippen LogP contribution in [0.5, 0.6) is 5.75 Å². The Labute approximate surface area is 356 Å². The van der Waals surface area contributed by atoms with Crippen LogP contribution in [0, 0.1) is 0 Å². The Balaban J connectivity index is 0.760. The number of piperidine rings is 1. The number of hydrogen-bond donors (Lipinski definition) is 5. The second kappa shape index (κ2) is 19.5. The minimum Gasteiger partial charge on any atom is -0.494 e. The largest absolute Gasteiger partial charge is 0.494 e. The Morgan fingerprint density at radius 3 is 2.27 bits per heavy atom. The number of ether oxygens (including phenoxy) is 4. The number of hydrogen-bond acceptors (Lipinski definition) is 15. The summed E-state index contributed by atoms with van der Waals surface area (Å²) >= 11 is 0. The van der Waals surface area contributed by atoms with Gasteiger partial charge in [0.2, 0.25) is 17.8 Å². The maximum absolute atomic E-state index is 13.2. The van der Waals surface area contributed by atoms with Gasteiger partial charge in [0.15, 0.2) is 5.82 Å². The highest BCUT2D eigenvalue weighted by molar-refractivity contribution is 6.25. The van der Waals surface area contributed by atoms with Gasteiger partial charge in [-0.2, -0.15) is 4.98 Å². The number of benzene rings is 3. The van der Waals surface area contributed by atoms with E-state index in [1.165, 1.54) is 18.1 Å². The Bertz CT molecular complexity index is 2380. The Kier molecular flexibility index (Phi) is 13.5. The number of rotatable bonds is 18. The molecule has 4 aromatic rings. The summed E-state index contributed by atoms with van der Waals surface area (Å²) in [4.78, 5) is 89.3. The SMILES string of the molecule is COc1cc(NC(=O)NCCOCCOCCOCCNc2cccc3c2C(=O)N(C2CCC(=O)NC2=O)C3=O)ccc1Nc1ncc2c(n1)N(C)c1ccccc1C(=O)N2C. The number of aromatic nitrogens is 2. The molecule has 3 aromatic carbocycles. The first-order valence-electron chi connectivity index (χ1n) is 19.8. The van der Waals surface area contributed by atoms with Gasteiger partial charge >= 0.3 is 6.03 Å². The van der Waals surface area contributed by atoms with Crippen molar-refractivity contribution in [3.05, 3.63) is 83.6 Å². The molecule has 1 saturated heterocycles. The summed E-state index contributed by atoms with van der Waals surface area (Å²) in [5.74, 6) is -1.14. The molecule has 62 heavy (non-hydrogen) atoms. The van der Waals surface area contributed by atoms with Crippen LogP contribution in [0.2, 0.25) is 0 Å². The van der Waals surface area contributed by atoms with Crippen LogP contribution in [-0.4, -0.2) is 130 Å². The monoisotopic (exact) mass is 850 g/mol. The van der Waals surface area contributed by atoms with Crippen molar-refractivity contribution in [2.45, 2.75) is 18.9 Å². The standard InChI is InChI=1S/C42H46N10O10/c1-50-30-10-5-4-7-26(30)38(55)51(2)32-24-45-41(49-36(32)50)47-28-12-11-25(23-33(28)59-3)46-42(58)44-16-18-61-20-22-62-21-19-60-17-15-43-29-9-6-8-27-35(29)40(57)52(39(27)56)31-13-14-34(53)48-37(31)54/h4-12,23-24,31,43H,13-22H2,1-3H3,(H2,44,46,58)(H,45,47,49)(H,48,53,54). The highest BCUT2D eigenvalue weighted by Crippen LogP contribution is 2.39. The van der Waals surface area contributed by atoms with E-state index in [-0.39, 0.29) is 49.0 Å². The van der Waals surface area contributed by atoms with Gasteiger partial charge in [0, 0.05) is 51.0 Å². The number of urea groups is 1. The van der Waals surface area contributed by atoms with Crippen molar-refractivity contribution in [1.29, 1.82) is 0 Å².